The fourth-order valence-electron chi connectivity index (χ4n) is 2.33. The summed E-state index contributed by atoms with van der Waals surface area (Å²) in [4.78, 5) is 11.3. The van der Waals surface area contributed by atoms with Gasteiger partial charge >= 0.3 is 5.97 Å². The van der Waals surface area contributed by atoms with Crippen LogP contribution < -0.4 is 5.32 Å². The van der Waals surface area contributed by atoms with E-state index in [1.54, 1.807) is 0 Å². The molecule has 1 aliphatic rings. The maximum atomic E-state index is 11.3. The van der Waals surface area contributed by atoms with Crippen LogP contribution in [-0.2, 0) is 16.0 Å². The second kappa shape index (κ2) is 10.6. The Labute approximate surface area is 149 Å². The first-order chi connectivity index (χ1) is 12.2. The molecule has 0 radical (unpaired) electrons. The van der Waals surface area contributed by atoms with Crippen LogP contribution in [0.5, 0.6) is 0 Å². The Morgan fingerprint density at radius 1 is 1.12 bits per heavy atom. The molecule has 1 aliphatic heterocycles. The highest BCUT2D eigenvalue weighted by atomic mass is 16.5. The molecule has 1 heterocycles. The van der Waals surface area contributed by atoms with Crippen molar-refractivity contribution >= 4 is 5.97 Å². The summed E-state index contributed by atoms with van der Waals surface area (Å²) >= 11 is 0. The van der Waals surface area contributed by atoms with Crippen LogP contribution in [-0.4, -0.2) is 30.5 Å². The van der Waals surface area contributed by atoms with Crippen molar-refractivity contribution in [3.63, 3.8) is 0 Å². The van der Waals surface area contributed by atoms with E-state index in [0.717, 1.165) is 25.8 Å². The lowest BCUT2D eigenvalue weighted by Gasteiger charge is -2.20. The molecule has 1 atom stereocenters. The molecule has 134 valence electrons. The van der Waals surface area contributed by atoms with Gasteiger partial charge in [0.2, 0.25) is 0 Å². The first kappa shape index (κ1) is 19.2. The quantitative estimate of drug-likeness (QED) is 0.789. The Bertz CT molecular complexity index is 621. The van der Waals surface area contributed by atoms with Crippen molar-refractivity contribution in [2.75, 3.05) is 13.2 Å². The van der Waals surface area contributed by atoms with Crippen LogP contribution >= 0.6 is 0 Å². The van der Waals surface area contributed by atoms with Gasteiger partial charge in [-0.3, -0.25) is 10.1 Å². The lowest BCUT2D eigenvalue weighted by atomic mass is 10.0. The van der Waals surface area contributed by atoms with E-state index in [9.17, 15) is 4.79 Å². The molecule has 0 amide bonds. The fraction of sp³-hybridized carbons (Fsp3) is 0.381. The number of esters is 1. The molecule has 1 unspecified atom stereocenters. The van der Waals surface area contributed by atoms with Gasteiger partial charge in [-0.15, -0.1) is 0 Å². The molecule has 0 aromatic heterocycles. The maximum absolute atomic E-state index is 11.3. The van der Waals surface area contributed by atoms with E-state index < -0.39 is 0 Å². The molecule has 4 nitrogen and oxygen atoms in total. The number of rotatable bonds is 6. The van der Waals surface area contributed by atoms with Crippen LogP contribution in [0.4, 0.5) is 0 Å². The zero-order valence-electron chi connectivity index (χ0n) is 14.8. The highest BCUT2D eigenvalue weighted by molar-refractivity contribution is 5.69. The third-order valence-electron chi connectivity index (χ3n) is 3.97. The van der Waals surface area contributed by atoms with Gasteiger partial charge in [0.25, 0.3) is 0 Å². The minimum atomic E-state index is -0.185. The first-order valence-corrected chi connectivity index (χ1v) is 8.90. The van der Waals surface area contributed by atoms with Gasteiger partial charge in [0.1, 0.15) is 6.23 Å². The molecule has 0 bridgehead atoms. The topological polar surface area (TPSA) is 58.6 Å². The molecule has 2 N–H and O–H groups in total. The van der Waals surface area contributed by atoms with Gasteiger partial charge in [0.05, 0.1) is 6.61 Å². The summed E-state index contributed by atoms with van der Waals surface area (Å²) in [6.07, 6.45) is 2.86. The lowest BCUT2D eigenvalue weighted by Crippen LogP contribution is -2.42. The average Bonchev–Trinajstić information content (AvgIpc) is 2.62. The van der Waals surface area contributed by atoms with Crippen molar-refractivity contribution < 1.29 is 14.6 Å². The summed E-state index contributed by atoms with van der Waals surface area (Å²) in [6.45, 7) is 3.42. The van der Waals surface area contributed by atoms with E-state index >= 15 is 0 Å². The maximum Gasteiger partial charge on any atom is 0.305 e. The molecule has 0 spiro atoms. The molecule has 2 aromatic carbocycles. The molecule has 0 aliphatic carbocycles. The molecule has 4 heteroatoms. The van der Waals surface area contributed by atoms with Crippen molar-refractivity contribution in [2.45, 2.75) is 38.8 Å². The number of carbonyl (C=O) groups is 1. The second-order valence-electron chi connectivity index (χ2n) is 6.04. The summed E-state index contributed by atoms with van der Waals surface area (Å²) in [5.74, 6) is -0.103. The SMILES string of the molecule is CCCC(=O)OCCc1ccc(-c2ccccc2)cc1.OC1CCN1. The van der Waals surface area contributed by atoms with Gasteiger partial charge in [-0.2, -0.15) is 0 Å². The average molecular weight is 341 g/mol. The van der Waals surface area contributed by atoms with Crippen molar-refractivity contribution in [1.82, 2.24) is 5.32 Å². The van der Waals surface area contributed by atoms with E-state index in [0.29, 0.717) is 13.0 Å². The van der Waals surface area contributed by atoms with E-state index in [-0.39, 0.29) is 12.2 Å². The van der Waals surface area contributed by atoms with Gasteiger partial charge < -0.3 is 9.84 Å². The predicted molar refractivity (Wildman–Crippen MR) is 100 cm³/mol. The highest BCUT2D eigenvalue weighted by Gasteiger charge is 2.09. The molecule has 3 rings (SSSR count). The van der Waals surface area contributed by atoms with E-state index in [4.69, 9.17) is 9.84 Å². The number of hydrogen-bond acceptors (Lipinski definition) is 4. The van der Waals surface area contributed by atoms with Gasteiger partial charge in [0.15, 0.2) is 0 Å². The van der Waals surface area contributed by atoms with Gasteiger partial charge in [-0.05, 0) is 29.5 Å². The lowest BCUT2D eigenvalue weighted by molar-refractivity contribution is -0.143. The Kier molecular flexibility index (Phi) is 8.16. The fourth-order valence-corrected chi connectivity index (χ4v) is 2.33. The predicted octanol–water partition coefficient (Wildman–Crippen LogP) is 3.54. The Balaban J connectivity index is 0.000000386. The van der Waals surface area contributed by atoms with Crippen molar-refractivity contribution in [1.29, 1.82) is 0 Å². The highest BCUT2D eigenvalue weighted by Crippen LogP contribution is 2.19. The molecular formula is C21H27NO3. The third kappa shape index (κ3) is 7.08. The van der Waals surface area contributed by atoms with E-state index in [1.165, 1.54) is 16.7 Å². The van der Waals surface area contributed by atoms with Gasteiger partial charge in [-0.1, -0.05) is 61.5 Å². The van der Waals surface area contributed by atoms with Crippen molar-refractivity contribution in [3.05, 3.63) is 60.2 Å². The van der Waals surface area contributed by atoms with Gasteiger partial charge in [0, 0.05) is 19.4 Å². The monoisotopic (exact) mass is 341 g/mol. The van der Waals surface area contributed by atoms with Crippen LogP contribution in [0.15, 0.2) is 54.6 Å². The molecule has 2 aromatic rings. The number of aliphatic hydroxyl groups is 1. The van der Waals surface area contributed by atoms with Crippen molar-refractivity contribution in [3.8, 4) is 11.1 Å². The van der Waals surface area contributed by atoms with Crippen LogP contribution in [0.3, 0.4) is 0 Å². The zero-order valence-corrected chi connectivity index (χ0v) is 14.8. The second-order valence-corrected chi connectivity index (χ2v) is 6.04. The minimum absolute atomic E-state index is 0.103. The molecule has 1 fully saturated rings. The summed E-state index contributed by atoms with van der Waals surface area (Å²) in [6, 6.07) is 18.7. The summed E-state index contributed by atoms with van der Waals surface area (Å²) in [5, 5.41) is 11.1. The summed E-state index contributed by atoms with van der Waals surface area (Å²) in [5.41, 5.74) is 3.61. The normalized spacial score (nSPS) is 15.5. The first-order valence-electron chi connectivity index (χ1n) is 8.90. The van der Waals surface area contributed by atoms with Crippen molar-refractivity contribution in [2.24, 2.45) is 0 Å². The van der Waals surface area contributed by atoms with Crippen LogP contribution in [0.2, 0.25) is 0 Å². The number of hydrogen-bond donors (Lipinski definition) is 2. The van der Waals surface area contributed by atoms with E-state index in [1.807, 2.05) is 25.1 Å². The smallest absolute Gasteiger partial charge is 0.305 e. The van der Waals surface area contributed by atoms with Gasteiger partial charge in [-0.25, -0.2) is 0 Å². The van der Waals surface area contributed by atoms with Crippen LogP contribution in [0.25, 0.3) is 11.1 Å². The molecule has 0 saturated carbocycles. The Hall–Kier alpha value is -2.17. The number of benzene rings is 2. The largest absolute Gasteiger partial charge is 0.465 e. The number of ether oxygens (including phenoxy) is 1. The summed E-state index contributed by atoms with van der Waals surface area (Å²) in [7, 11) is 0. The third-order valence-corrected chi connectivity index (χ3v) is 3.97. The number of aliphatic hydroxyl groups excluding tert-OH is 1. The molecular weight excluding hydrogens is 314 g/mol. The van der Waals surface area contributed by atoms with Crippen LogP contribution in [0.1, 0.15) is 31.7 Å². The minimum Gasteiger partial charge on any atom is -0.465 e. The number of carbonyl (C=O) groups excluding carboxylic acids is 1. The summed E-state index contributed by atoms with van der Waals surface area (Å²) < 4.78 is 5.16. The molecule has 1 saturated heterocycles. The van der Waals surface area contributed by atoms with E-state index in [2.05, 4.69) is 41.7 Å². The Morgan fingerprint density at radius 3 is 2.24 bits per heavy atom. The number of nitrogens with one attached hydrogen (secondary N) is 1. The zero-order chi connectivity index (χ0) is 17.9. The molecule has 25 heavy (non-hydrogen) atoms. The Morgan fingerprint density at radius 2 is 1.72 bits per heavy atom. The van der Waals surface area contributed by atoms with Crippen LogP contribution in [0, 0.1) is 0 Å². The standard InChI is InChI=1S/C18H20O2.C3H7NO/c1-2-6-18(19)20-14-13-15-9-11-17(12-10-15)16-7-4-3-5-8-16;5-3-1-2-4-3/h3-5,7-12H,2,6,13-14H2,1H3;3-5H,1-2H2.